The highest BCUT2D eigenvalue weighted by Crippen LogP contribution is 2.39. The molecular formula is C20H20N2O3S. The maximum atomic E-state index is 12.4. The van der Waals surface area contributed by atoms with Gasteiger partial charge in [0.1, 0.15) is 0 Å². The molecule has 0 spiro atoms. The van der Waals surface area contributed by atoms with Crippen LogP contribution < -0.4 is 10.6 Å². The smallest absolute Gasteiger partial charge is 0.262 e. The molecule has 5 nitrogen and oxygen atoms in total. The third kappa shape index (κ3) is 4.33. The van der Waals surface area contributed by atoms with E-state index in [2.05, 4.69) is 10.6 Å². The Morgan fingerprint density at radius 2 is 2.00 bits per heavy atom. The summed E-state index contributed by atoms with van der Waals surface area (Å²) in [6.45, 7) is 2.92. The molecule has 0 fully saturated rings. The van der Waals surface area contributed by atoms with Crippen molar-refractivity contribution < 1.29 is 14.3 Å². The maximum Gasteiger partial charge on any atom is 0.262 e. The van der Waals surface area contributed by atoms with Crippen LogP contribution in [0.25, 0.3) is 6.08 Å². The summed E-state index contributed by atoms with van der Waals surface area (Å²) >= 11 is 1.40. The van der Waals surface area contributed by atoms with Crippen molar-refractivity contribution in [2.45, 2.75) is 11.8 Å². The second-order valence-electron chi connectivity index (χ2n) is 5.94. The van der Waals surface area contributed by atoms with Gasteiger partial charge in [0.05, 0.1) is 17.2 Å². The van der Waals surface area contributed by atoms with Gasteiger partial charge in [-0.1, -0.05) is 41.6 Å². The fourth-order valence-electron chi connectivity index (χ4n) is 2.48. The van der Waals surface area contributed by atoms with E-state index in [1.54, 1.807) is 19.2 Å². The van der Waals surface area contributed by atoms with Gasteiger partial charge in [0.25, 0.3) is 11.8 Å². The van der Waals surface area contributed by atoms with Gasteiger partial charge in [-0.25, -0.2) is 0 Å². The number of hydrogen-bond donors (Lipinski definition) is 2. The van der Waals surface area contributed by atoms with Gasteiger partial charge >= 0.3 is 0 Å². The van der Waals surface area contributed by atoms with E-state index in [1.807, 2.05) is 43.3 Å². The molecule has 0 saturated carbocycles. The lowest BCUT2D eigenvalue weighted by molar-refractivity contribution is -0.112. The molecule has 2 aromatic rings. The SMILES string of the molecule is COCCNC(=O)c1ccc2c(c1)NC(=O)/C(=C\c1ccc(C)cc1)S2. The number of aryl methyl sites for hydroxylation is 1. The van der Waals surface area contributed by atoms with E-state index in [4.69, 9.17) is 4.74 Å². The zero-order valence-electron chi connectivity index (χ0n) is 14.7. The van der Waals surface area contributed by atoms with E-state index >= 15 is 0 Å². The summed E-state index contributed by atoms with van der Waals surface area (Å²) in [5.41, 5.74) is 3.31. The van der Waals surface area contributed by atoms with E-state index in [9.17, 15) is 9.59 Å². The minimum Gasteiger partial charge on any atom is -0.383 e. The third-order valence-electron chi connectivity index (χ3n) is 3.90. The van der Waals surface area contributed by atoms with Gasteiger partial charge in [-0.2, -0.15) is 0 Å². The largest absolute Gasteiger partial charge is 0.383 e. The molecule has 2 N–H and O–H groups in total. The molecule has 134 valence electrons. The van der Waals surface area contributed by atoms with Crippen LogP contribution >= 0.6 is 11.8 Å². The first kappa shape index (κ1) is 18.2. The number of carbonyl (C=O) groups excluding carboxylic acids is 2. The highest BCUT2D eigenvalue weighted by Gasteiger charge is 2.22. The second kappa shape index (κ2) is 8.21. The Morgan fingerprint density at radius 3 is 2.73 bits per heavy atom. The summed E-state index contributed by atoms with van der Waals surface area (Å²) < 4.78 is 4.92. The van der Waals surface area contributed by atoms with Gasteiger partial charge in [0.2, 0.25) is 0 Å². The van der Waals surface area contributed by atoms with Crippen molar-refractivity contribution >= 4 is 35.3 Å². The van der Waals surface area contributed by atoms with Gasteiger partial charge in [-0.15, -0.1) is 0 Å². The molecule has 0 radical (unpaired) electrons. The van der Waals surface area contributed by atoms with E-state index in [0.29, 0.717) is 29.3 Å². The number of amides is 2. The van der Waals surface area contributed by atoms with Crippen molar-refractivity contribution in [1.29, 1.82) is 0 Å². The third-order valence-corrected chi connectivity index (χ3v) is 5.00. The van der Waals surface area contributed by atoms with Crippen LogP contribution in [0.4, 0.5) is 5.69 Å². The Labute approximate surface area is 156 Å². The van der Waals surface area contributed by atoms with Crippen LogP contribution in [0.1, 0.15) is 21.5 Å². The van der Waals surface area contributed by atoms with E-state index in [0.717, 1.165) is 10.5 Å². The van der Waals surface area contributed by atoms with Gasteiger partial charge in [-0.05, 0) is 36.8 Å². The van der Waals surface area contributed by atoms with Crippen molar-refractivity contribution in [3.8, 4) is 0 Å². The van der Waals surface area contributed by atoms with E-state index < -0.39 is 0 Å². The molecule has 1 aliphatic heterocycles. The van der Waals surface area contributed by atoms with E-state index in [-0.39, 0.29) is 11.8 Å². The molecule has 2 aromatic carbocycles. The summed E-state index contributed by atoms with van der Waals surface area (Å²) in [6, 6.07) is 13.3. The second-order valence-corrected chi connectivity index (χ2v) is 7.02. The number of carbonyl (C=O) groups is 2. The standard InChI is InChI=1S/C20H20N2O3S/c1-13-3-5-14(6-4-13)11-18-20(24)22-16-12-15(7-8-17(16)26-18)19(23)21-9-10-25-2/h3-8,11-12H,9-10H2,1-2H3,(H,21,23)(H,22,24)/b18-11+. The predicted octanol–water partition coefficient (Wildman–Crippen LogP) is 3.46. The Bertz CT molecular complexity index is 860. The van der Waals surface area contributed by atoms with Crippen LogP contribution in [0, 0.1) is 6.92 Å². The molecular weight excluding hydrogens is 348 g/mol. The lowest BCUT2D eigenvalue weighted by Gasteiger charge is -2.19. The van der Waals surface area contributed by atoms with Crippen LogP contribution in [-0.4, -0.2) is 32.1 Å². The molecule has 1 aliphatic rings. The summed E-state index contributed by atoms with van der Waals surface area (Å²) in [4.78, 5) is 26.1. The van der Waals surface area contributed by atoms with Gasteiger partial charge in [0, 0.05) is 24.1 Å². The average Bonchev–Trinajstić information content (AvgIpc) is 2.64. The molecule has 3 rings (SSSR count). The van der Waals surface area contributed by atoms with Crippen LogP contribution in [0.2, 0.25) is 0 Å². The molecule has 6 heteroatoms. The number of hydrogen-bond acceptors (Lipinski definition) is 4. The quantitative estimate of drug-likeness (QED) is 0.627. The highest BCUT2D eigenvalue weighted by molar-refractivity contribution is 8.04. The Kier molecular flexibility index (Phi) is 5.75. The summed E-state index contributed by atoms with van der Waals surface area (Å²) in [6.07, 6.45) is 1.87. The first-order chi connectivity index (χ1) is 12.6. The number of fused-ring (bicyclic) bond motifs is 1. The Hall–Kier alpha value is -2.57. The van der Waals surface area contributed by atoms with Gasteiger partial charge in [0.15, 0.2) is 0 Å². The lowest BCUT2D eigenvalue weighted by atomic mass is 10.1. The molecule has 0 unspecified atom stereocenters. The van der Waals surface area contributed by atoms with Crippen molar-refractivity contribution in [3.05, 3.63) is 64.1 Å². The monoisotopic (exact) mass is 368 g/mol. The number of anilines is 1. The van der Waals surface area contributed by atoms with Crippen molar-refractivity contribution in [1.82, 2.24) is 5.32 Å². The molecule has 0 saturated heterocycles. The fourth-order valence-corrected chi connectivity index (χ4v) is 3.42. The molecule has 2 amide bonds. The number of nitrogens with one attached hydrogen (secondary N) is 2. The summed E-state index contributed by atoms with van der Waals surface area (Å²) in [5, 5.41) is 5.64. The topological polar surface area (TPSA) is 67.4 Å². The fraction of sp³-hybridized carbons (Fsp3) is 0.200. The minimum atomic E-state index is -0.190. The predicted molar refractivity (Wildman–Crippen MR) is 104 cm³/mol. The lowest BCUT2D eigenvalue weighted by Crippen LogP contribution is -2.27. The number of ether oxygens (including phenoxy) is 1. The molecule has 0 atom stereocenters. The van der Waals surface area contributed by atoms with Crippen LogP contribution in [0.3, 0.4) is 0 Å². The van der Waals surface area contributed by atoms with Gasteiger partial charge < -0.3 is 15.4 Å². The Balaban J connectivity index is 1.77. The molecule has 26 heavy (non-hydrogen) atoms. The highest BCUT2D eigenvalue weighted by atomic mass is 32.2. The average molecular weight is 368 g/mol. The number of methoxy groups -OCH3 is 1. The van der Waals surface area contributed by atoms with Crippen molar-refractivity contribution in [3.63, 3.8) is 0 Å². The molecule has 1 heterocycles. The summed E-state index contributed by atoms with van der Waals surface area (Å²) in [7, 11) is 1.58. The first-order valence-corrected chi connectivity index (χ1v) is 9.07. The summed E-state index contributed by atoms with van der Waals surface area (Å²) in [5.74, 6) is -0.356. The van der Waals surface area contributed by atoms with Crippen LogP contribution in [0.15, 0.2) is 52.3 Å². The van der Waals surface area contributed by atoms with Gasteiger partial charge in [-0.3, -0.25) is 9.59 Å². The Morgan fingerprint density at radius 1 is 1.23 bits per heavy atom. The molecule has 0 aliphatic carbocycles. The van der Waals surface area contributed by atoms with Crippen molar-refractivity contribution in [2.24, 2.45) is 0 Å². The number of benzene rings is 2. The van der Waals surface area contributed by atoms with E-state index in [1.165, 1.54) is 17.3 Å². The normalized spacial score (nSPS) is 14.7. The molecule has 0 bridgehead atoms. The number of thioether (sulfide) groups is 1. The van der Waals surface area contributed by atoms with Crippen molar-refractivity contribution in [2.75, 3.05) is 25.6 Å². The zero-order chi connectivity index (χ0) is 18.5. The minimum absolute atomic E-state index is 0.167. The zero-order valence-corrected chi connectivity index (χ0v) is 15.5. The molecule has 0 aromatic heterocycles. The maximum absolute atomic E-state index is 12.4. The first-order valence-electron chi connectivity index (χ1n) is 8.25. The number of rotatable bonds is 5. The van der Waals surface area contributed by atoms with Crippen LogP contribution in [-0.2, 0) is 9.53 Å². The van der Waals surface area contributed by atoms with Crippen LogP contribution in [0.5, 0.6) is 0 Å².